The van der Waals surface area contributed by atoms with Gasteiger partial charge in [0.05, 0.1) is 7.11 Å². The molecule has 0 aromatic carbocycles. The number of H-pyrrole nitrogens is 1. The Hall–Kier alpha value is -3.76. The first-order chi connectivity index (χ1) is 17.9. The number of anilines is 3. The maximum Gasteiger partial charge on any atom is 0.232 e. The first-order valence-corrected chi connectivity index (χ1v) is 12.6. The van der Waals surface area contributed by atoms with Crippen molar-refractivity contribution in [3.8, 4) is 17.3 Å². The molecule has 10 nitrogen and oxygen atoms in total. The van der Waals surface area contributed by atoms with Crippen molar-refractivity contribution in [1.82, 2.24) is 35.0 Å². The Kier molecular flexibility index (Phi) is 6.13. The molecule has 7 heterocycles. The molecule has 0 saturated carbocycles. The summed E-state index contributed by atoms with van der Waals surface area (Å²) in [7, 11) is 1.58. The molecule has 3 aliphatic rings. The molecule has 0 aliphatic carbocycles. The zero-order chi connectivity index (χ0) is 25.5. The van der Waals surface area contributed by atoms with Crippen LogP contribution in [0.3, 0.4) is 0 Å². The van der Waals surface area contributed by atoms with Gasteiger partial charge in [0.25, 0.3) is 0 Å². The quantitative estimate of drug-likeness (QED) is 0.374. The van der Waals surface area contributed by atoms with Crippen molar-refractivity contribution in [3.63, 3.8) is 0 Å². The molecular weight excluding hydrogens is 490 g/mol. The molecule has 2 atom stereocenters. The first-order valence-electron chi connectivity index (χ1n) is 12.3. The maximum atomic E-state index is 6.27. The van der Waals surface area contributed by atoms with E-state index in [-0.39, 0.29) is 0 Å². The van der Waals surface area contributed by atoms with Gasteiger partial charge in [0.2, 0.25) is 5.88 Å². The highest BCUT2D eigenvalue weighted by molar-refractivity contribution is 6.31. The summed E-state index contributed by atoms with van der Waals surface area (Å²) >= 11 is 6.27. The molecule has 4 aromatic heterocycles. The van der Waals surface area contributed by atoms with Gasteiger partial charge in [-0.05, 0) is 44.0 Å². The number of rotatable bonds is 7. The summed E-state index contributed by atoms with van der Waals surface area (Å²) in [5.74, 6) is 3.49. The number of fused-ring (bicyclic) bond motifs is 2. The lowest BCUT2D eigenvalue weighted by atomic mass is 9.87. The van der Waals surface area contributed by atoms with E-state index in [1.54, 1.807) is 7.11 Å². The van der Waals surface area contributed by atoms with Gasteiger partial charge >= 0.3 is 0 Å². The van der Waals surface area contributed by atoms with Crippen LogP contribution in [-0.2, 0) is 6.54 Å². The largest absolute Gasteiger partial charge is 0.480 e. The molecule has 0 radical (unpaired) electrons. The molecule has 4 aromatic rings. The summed E-state index contributed by atoms with van der Waals surface area (Å²) in [6, 6.07) is 10.9. The molecular formula is C26H28ClN9O. The minimum atomic E-state index is 0.464. The Morgan fingerprint density at radius 2 is 1.89 bits per heavy atom. The lowest BCUT2D eigenvalue weighted by Crippen LogP contribution is -2.68. The average Bonchev–Trinajstić information content (AvgIpc) is 3.31. The van der Waals surface area contributed by atoms with Crippen LogP contribution in [0.5, 0.6) is 5.88 Å². The van der Waals surface area contributed by atoms with Crippen molar-refractivity contribution in [2.24, 2.45) is 0 Å². The van der Waals surface area contributed by atoms with Crippen molar-refractivity contribution in [2.45, 2.75) is 38.9 Å². The zero-order valence-corrected chi connectivity index (χ0v) is 21.7. The van der Waals surface area contributed by atoms with Crippen LogP contribution in [0, 0.1) is 13.8 Å². The van der Waals surface area contributed by atoms with Crippen LogP contribution < -0.4 is 15.0 Å². The average molecular weight is 518 g/mol. The molecule has 11 heteroatoms. The highest BCUT2D eigenvalue weighted by atomic mass is 35.5. The summed E-state index contributed by atoms with van der Waals surface area (Å²) in [6.45, 7) is 6.64. The van der Waals surface area contributed by atoms with Gasteiger partial charge in [-0.15, -0.1) is 0 Å². The molecule has 2 unspecified atom stereocenters. The Bertz CT molecular complexity index is 1410. The third kappa shape index (κ3) is 4.82. The van der Waals surface area contributed by atoms with E-state index >= 15 is 0 Å². The SMILES string of the molecule is COc1ncc(CN2C3CC2CN(c2ccc(-c4nc(C)cc(Nc5cc(C)[nH]n5)n4)cn2)C3)cc1Cl. The van der Waals surface area contributed by atoms with Crippen LogP contribution in [0.15, 0.2) is 42.7 Å². The van der Waals surface area contributed by atoms with Gasteiger partial charge in [0.15, 0.2) is 11.6 Å². The van der Waals surface area contributed by atoms with Crippen LogP contribution in [0.2, 0.25) is 5.02 Å². The van der Waals surface area contributed by atoms with Crippen molar-refractivity contribution in [2.75, 3.05) is 30.4 Å². The van der Waals surface area contributed by atoms with Crippen LogP contribution in [0.25, 0.3) is 11.4 Å². The van der Waals surface area contributed by atoms with E-state index in [0.717, 1.165) is 53.8 Å². The zero-order valence-electron chi connectivity index (χ0n) is 20.9. The van der Waals surface area contributed by atoms with Gasteiger partial charge < -0.3 is 15.0 Å². The van der Waals surface area contributed by atoms with E-state index in [0.29, 0.717) is 34.6 Å². The lowest BCUT2D eigenvalue weighted by Gasteiger charge is -2.56. The highest BCUT2D eigenvalue weighted by Gasteiger charge is 2.44. The molecule has 0 spiro atoms. The van der Waals surface area contributed by atoms with E-state index in [2.05, 4.69) is 46.3 Å². The second kappa shape index (κ2) is 9.60. The summed E-state index contributed by atoms with van der Waals surface area (Å²) in [5, 5.41) is 10.9. The number of hydrogen-bond acceptors (Lipinski definition) is 9. The fourth-order valence-corrected chi connectivity index (χ4v) is 5.39. The molecule has 2 N–H and O–H groups in total. The molecule has 3 fully saturated rings. The number of methoxy groups -OCH3 is 1. The van der Waals surface area contributed by atoms with Crippen molar-refractivity contribution in [1.29, 1.82) is 0 Å². The Labute approximate surface area is 220 Å². The summed E-state index contributed by atoms with van der Waals surface area (Å²) < 4.78 is 5.17. The lowest BCUT2D eigenvalue weighted by molar-refractivity contribution is -0.00876. The second-order valence-electron chi connectivity index (χ2n) is 9.64. The smallest absolute Gasteiger partial charge is 0.232 e. The topological polar surface area (TPSA) is 108 Å². The molecule has 0 amide bonds. The first kappa shape index (κ1) is 23.6. The number of pyridine rings is 2. The molecule has 3 aliphatic heterocycles. The summed E-state index contributed by atoms with van der Waals surface area (Å²) in [4.78, 5) is 23.3. The third-order valence-electron chi connectivity index (χ3n) is 6.91. The minimum Gasteiger partial charge on any atom is -0.480 e. The van der Waals surface area contributed by atoms with E-state index in [1.807, 2.05) is 50.5 Å². The Morgan fingerprint density at radius 1 is 1.05 bits per heavy atom. The minimum absolute atomic E-state index is 0.464. The van der Waals surface area contributed by atoms with Gasteiger partial charge in [0, 0.05) is 73.2 Å². The normalized spacial score (nSPS) is 19.0. The number of piperazine rings is 1. The summed E-state index contributed by atoms with van der Waals surface area (Å²) in [6.07, 6.45) is 4.91. The van der Waals surface area contributed by atoms with E-state index in [1.165, 1.54) is 6.42 Å². The Morgan fingerprint density at radius 3 is 2.57 bits per heavy atom. The predicted molar refractivity (Wildman–Crippen MR) is 142 cm³/mol. The van der Waals surface area contributed by atoms with E-state index < -0.39 is 0 Å². The number of aromatic nitrogens is 6. The second-order valence-corrected chi connectivity index (χ2v) is 10.0. The van der Waals surface area contributed by atoms with Crippen LogP contribution >= 0.6 is 11.6 Å². The number of aromatic amines is 1. The van der Waals surface area contributed by atoms with Gasteiger partial charge in [-0.1, -0.05) is 11.6 Å². The van der Waals surface area contributed by atoms with Crippen LogP contribution in [0.4, 0.5) is 17.5 Å². The van der Waals surface area contributed by atoms with E-state index in [4.69, 9.17) is 21.3 Å². The molecule has 2 bridgehead atoms. The third-order valence-corrected chi connectivity index (χ3v) is 7.18. The summed E-state index contributed by atoms with van der Waals surface area (Å²) in [5.41, 5.74) is 3.83. The van der Waals surface area contributed by atoms with Crippen molar-refractivity contribution < 1.29 is 4.74 Å². The maximum absolute atomic E-state index is 6.27. The Balaban J connectivity index is 1.11. The van der Waals surface area contributed by atoms with Gasteiger partial charge in [-0.2, -0.15) is 5.10 Å². The van der Waals surface area contributed by atoms with E-state index in [9.17, 15) is 0 Å². The fourth-order valence-electron chi connectivity index (χ4n) is 5.13. The molecule has 7 rings (SSSR count). The van der Waals surface area contributed by atoms with Gasteiger partial charge in [0.1, 0.15) is 16.7 Å². The number of piperidine rings is 1. The standard InChI is InChI=1S/C26H28ClN9O/c1-15-6-22(31-23-7-16(2)33-34-23)32-25(30-15)18-4-5-24(28-11-18)35-13-19-9-20(14-35)36(19)12-17-8-21(27)26(37-3)29-10-17/h4-8,10-11,19-20H,9,12-14H2,1-3H3,(H2,30,31,32,33,34). The van der Waals surface area contributed by atoms with Gasteiger partial charge in [-0.25, -0.2) is 19.9 Å². The molecule has 3 saturated heterocycles. The number of hydrogen-bond donors (Lipinski definition) is 2. The number of aryl methyl sites for hydroxylation is 2. The number of nitrogens with one attached hydrogen (secondary N) is 2. The van der Waals surface area contributed by atoms with Crippen LogP contribution in [-0.4, -0.2) is 67.3 Å². The number of nitrogens with zero attached hydrogens (tertiary/aromatic N) is 7. The van der Waals surface area contributed by atoms with Crippen LogP contribution in [0.1, 0.15) is 23.4 Å². The van der Waals surface area contributed by atoms with Gasteiger partial charge in [-0.3, -0.25) is 10.00 Å². The highest BCUT2D eigenvalue weighted by Crippen LogP contribution is 2.36. The van der Waals surface area contributed by atoms with Crippen molar-refractivity contribution in [3.05, 3.63) is 64.7 Å². The number of halogens is 1. The monoisotopic (exact) mass is 517 g/mol. The molecule has 37 heavy (non-hydrogen) atoms. The van der Waals surface area contributed by atoms with Crippen molar-refractivity contribution >= 4 is 29.1 Å². The fraction of sp³-hybridized carbons (Fsp3) is 0.346. The predicted octanol–water partition coefficient (Wildman–Crippen LogP) is 4.14. The molecule has 190 valence electrons. The number of ether oxygens (including phenoxy) is 1.